The fraction of sp³-hybridized carbons (Fsp3) is 0.833. The van der Waals surface area contributed by atoms with Crippen LogP contribution in [0.25, 0.3) is 0 Å². The highest BCUT2D eigenvalue weighted by atomic mass is 32.2. The third kappa shape index (κ3) is 6.56. The quantitative estimate of drug-likeness (QED) is 0.721. The van der Waals surface area contributed by atoms with Gasteiger partial charge in [-0.3, -0.25) is 9.59 Å². The third-order valence-corrected chi connectivity index (χ3v) is 3.70. The van der Waals surface area contributed by atoms with Crippen LogP contribution in [0.2, 0.25) is 0 Å². The van der Waals surface area contributed by atoms with Crippen LogP contribution in [-0.2, 0) is 9.59 Å². The molecule has 1 saturated carbocycles. The molecule has 0 saturated heterocycles. The van der Waals surface area contributed by atoms with Crippen molar-refractivity contribution in [2.75, 3.05) is 24.6 Å². The molecule has 0 aromatic carbocycles. The van der Waals surface area contributed by atoms with Gasteiger partial charge in [-0.25, -0.2) is 0 Å². The second-order valence-electron chi connectivity index (χ2n) is 5.02. The number of aliphatic carboxylic acids is 1. The molecule has 1 aliphatic carbocycles. The van der Waals surface area contributed by atoms with Crippen LogP contribution in [0.4, 0.5) is 0 Å². The summed E-state index contributed by atoms with van der Waals surface area (Å²) in [4.78, 5) is 24.0. The smallest absolute Gasteiger partial charge is 0.323 e. The van der Waals surface area contributed by atoms with E-state index in [1.54, 1.807) is 11.8 Å². The van der Waals surface area contributed by atoms with Crippen molar-refractivity contribution in [2.45, 2.75) is 26.7 Å². The Morgan fingerprint density at radius 1 is 1.41 bits per heavy atom. The lowest BCUT2D eigenvalue weighted by molar-refractivity contribution is -0.143. The fourth-order valence-electron chi connectivity index (χ4n) is 1.55. The number of amides is 1. The van der Waals surface area contributed by atoms with Crippen molar-refractivity contribution < 1.29 is 14.7 Å². The van der Waals surface area contributed by atoms with E-state index in [4.69, 9.17) is 5.11 Å². The van der Waals surface area contributed by atoms with Gasteiger partial charge < -0.3 is 10.0 Å². The van der Waals surface area contributed by atoms with Crippen LogP contribution in [0.3, 0.4) is 0 Å². The lowest BCUT2D eigenvalue weighted by Crippen LogP contribution is -2.39. The summed E-state index contributed by atoms with van der Waals surface area (Å²) in [6, 6.07) is 0. The monoisotopic (exact) mass is 259 g/mol. The average Bonchev–Trinajstić information content (AvgIpc) is 2.99. The number of hydrogen-bond acceptors (Lipinski definition) is 3. The molecule has 1 rings (SSSR count). The van der Waals surface area contributed by atoms with Crippen molar-refractivity contribution in [3.8, 4) is 0 Å². The number of carbonyl (C=O) groups is 2. The Morgan fingerprint density at radius 2 is 2.06 bits per heavy atom. The molecule has 1 amide bonds. The molecule has 0 radical (unpaired) electrons. The summed E-state index contributed by atoms with van der Waals surface area (Å²) in [5, 5.41) is 8.77. The first kappa shape index (κ1) is 14.4. The predicted octanol–water partition coefficient (Wildman–Crippen LogP) is 1.70. The van der Waals surface area contributed by atoms with Crippen molar-refractivity contribution in [2.24, 2.45) is 11.8 Å². The Labute approximate surface area is 107 Å². The van der Waals surface area contributed by atoms with E-state index in [9.17, 15) is 9.59 Å². The van der Waals surface area contributed by atoms with Gasteiger partial charge in [0.1, 0.15) is 6.54 Å². The Kier molecular flexibility index (Phi) is 5.82. The molecule has 0 aromatic rings. The number of thioether (sulfide) groups is 1. The lowest BCUT2D eigenvalue weighted by Gasteiger charge is -2.22. The summed E-state index contributed by atoms with van der Waals surface area (Å²) < 4.78 is 0. The van der Waals surface area contributed by atoms with Crippen molar-refractivity contribution in [3.63, 3.8) is 0 Å². The van der Waals surface area contributed by atoms with Gasteiger partial charge >= 0.3 is 5.97 Å². The van der Waals surface area contributed by atoms with Gasteiger partial charge in [-0.15, -0.1) is 0 Å². The molecule has 4 nitrogen and oxygen atoms in total. The van der Waals surface area contributed by atoms with E-state index in [1.165, 1.54) is 17.7 Å². The average molecular weight is 259 g/mol. The first-order valence-electron chi connectivity index (χ1n) is 6.06. The zero-order valence-electron chi connectivity index (χ0n) is 10.5. The Bertz CT molecular complexity index is 277. The van der Waals surface area contributed by atoms with Gasteiger partial charge in [-0.1, -0.05) is 13.8 Å². The molecule has 0 aromatic heterocycles. The van der Waals surface area contributed by atoms with Crippen molar-refractivity contribution in [3.05, 3.63) is 0 Å². The SMILES string of the molecule is CC(C)CN(CC(=O)O)C(=O)CSCC1CC1. The zero-order chi connectivity index (χ0) is 12.8. The molecule has 0 atom stereocenters. The number of hydrogen-bond donors (Lipinski definition) is 1. The second-order valence-corrected chi connectivity index (χ2v) is 6.05. The normalized spacial score (nSPS) is 15.0. The minimum absolute atomic E-state index is 0.0493. The standard InChI is InChI=1S/C12H21NO3S/c1-9(2)5-13(6-12(15)16)11(14)8-17-7-10-3-4-10/h9-10H,3-8H2,1-2H3,(H,15,16). The third-order valence-electron chi connectivity index (χ3n) is 2.54. The molecular formula is C12H21NO3S. The molecule has 1 N–H and O–H groups in total. The molecule has 0 aliphatic heterocycles. The van der Waals surface area contributed by atoms with Crippen LogP contribution in [0.15, 0.2) is 0 Å². The minimum Gasteiger partial charge on any atom is -0.480 e. The van der Waals surface area contributed by atoms with E-state index >= 15 is 0 Å². The fourth-order valence-corrected chi connectivity index (χ4v) is 2.69. The maximum absolute atomic E-state index is 11.9. The van der Waals surface area contributed by atoms with Gasteiger partial charge in [-0.05, 0) is 30.4 Å². The largest absolute Gasteiger partial charge is 0.480 e. The van der Waals surface area contributed by atoms with E-state index in [2.05, 4.69) is 0 Å². The maximum atomic E-state index is 11.9. The van der Waals surface area contributed by atoms with E-state index in [0.717, 1.165) is 11.7 Å². The summed E-state index contributed by atoms with van der Waals surface area (Å²) in [7, 11) is 0. The van der Waals surface area contributed by atoms with Crippen LogP contribution in [0.1, 0.15) is 26.7 Å². The molecule has 5 heteroatoms. The second kappa shape index (κ2) is 6.89. The van der Waals surface area contributed by atoms with Crippen molar-refractivity contribution >= 4 is 23.6 Å². The van der Waals surface area contributed by atoms with Gasteiger partial charge in [0.05, 0.1) is 5.75 Å². The first-order valence-corrected chi connectivity index (χ1v) is 7.21. The van der Waals surface area contributed by atoms with Crippen LogP contribution in [0, 0.1) is 11.8 Å². The van der Waals surface area contributed by atoms with Crippen molar-refractivity contribution in [1.29, 1.82) is 0 Å². The van der Waals surface area contributed by atoms with Crippen molar-refractivity contribution in [1.82, 2.24) is 4.90 Å². The van der Waals surface area contributed by atoms with Crippen LogP contribution in [-0.4, -0.2) is 46.5 Å². The summed E-state index contributed by atoms with van der Waals surface area (Å²) in [5.74, 6) is 1.56. The number of nitrogens with zero attached hydrogens (tertiary/aromatic N) is 1. The Balaban J connectivity index is 2.31. The van der Waals surface area contributed by atoms with Crippen LogP contribution >= 0.6 is 11.8 Å². The highest BCUT2D eigenvalue weighted by Gasteiger charge is 2.23. The molecule has 0 bridgehead atoms. The summed E-state index contributed by atoms with van der Waals surface area (Å²) in [6.07, 6.45) is 2.57. The highest BCUT2D eigenvalue weighted by Crippen LogP contribution is 2.32. The molecule has 17 heavy (non-hydrogen) atoms. The van der Waals surface area contributed by atoms with E-state index in [-0.39, 0.29) is 12.5 Å². The summed E-state index contributed by atoms with van der Waals surface area (Å²) in [5.41, 5.74) is 0. The maximum Gasteiger partial charge on any atom is 0.323 e. The topological polar surface area (TPSA) is 57.6 Å². The minimum atomic E-state index is -0.939. The molecule has 1 aliphatic rings. The molecule has 0 spiro atoms. The van der Waals surface area contributed by atoms with E-state index in [1.807, 2.05) is 13.8 Å². The molecule has 98 valence electrons. The molecule has 0 heterocycles. The summed E-state index contributed by atoms with van der Waals surface area (Å²) >= 11 is 1.63. The molecule has 1 fully saturated rings. The van der Waals surface area contributed by atoms with Crippen LogP contribution in [0.5, 0.6) is 0 Å². The number of carbonyl (C=O) groups excluding carboxylic acids is 1. The van der Waals surface area contributed by atoms with Gasteiger partial charge in [0.2, 0.25) is 5.91 Å². The van der Waals surface area contributed by atoms with Gasteiger partial charge in [0, 0.05) is 6.54 Å². The number of carboxylic acids is 1. The first-order chi connectivity index (χ1) is 7.99. The molecular weight excluding hydrogens is 238 g/mol. The number of carboxylic acid groups (broad SMARTS) is 1. The summed E-state index contributed by atoms with van der Waals surface area (Å²) in [6.45, 7) is 4.31. The van der Waals surface area contributed by atoms with E-state index in [0.29, 0.717) is 18.2 Å². The Morgan fingerprint density at radius 3 is 2.53 bits per heavy atom. The van der Waals surface area contributed by atoms with Crippen LogP contribution < -0.4 is 0 Å². The highest BCUT2D eigenvalue weighted by molar-refractivity contribution is 7.99. The van der Waals surface area contributed by atoms with Gasteiger partial charge in [0.15, 0.2) is 0 Å². The van der Waals surface area contributed by atoms with Gasteiger partial charge in [-0.2, -0.15) is 11.8 Å². The predicted molar refractivity (Wildman–Crippen MR) is 69.1 cm³/mol. The van der Waals surface area contributed by atoms with E-state index < -0.39 is 5.97 Å². The number of rotatable bonds is 8. The Hall–Kier alpha value is -0.710. The van der Waals surface area contributed by atoms with Gasteiger partial charge in [0.25, 0.3) is 0 Å². The lowest BCUT2D eigenvalue weighted by atomic mass is 10.2. The molecule has 0 unspecified atom stereocenters. The zero-order valence-corrected chi connectivity index (χ0v) is 11.3.